The van der Waals surface area contributed by atoms with Crippen molar-refractivity contribution in [2.24, 2.45) is 0 Å². The molecule has 3 aliphatic rings. The maximum Gasteiger partial charge on any atom is 3.00 e. The monoisotopic (exact) mass is 2090 g/mol. The molecule has 6 aromatic heterocycles. The van der Waals surface area contributed by atoms with Gasteiger partial charge in [0.15, 0.2) is 0 Å². The Morgan fingerprint density at radius 2 is 0.428 bits per heavy atom. The minimum Gasteiger partial charge on any atom is -0.501 e. The number of fused-ring (bicyclic) bond motifs is 18. The molecule has 0 bridgehead atoms. The van der Waals surface area contributed by atoms with Crippen molar-refractivity contribution in [1.29, 1.82) is 0 Å². The Bertz CT molecular complexity index is 6590. The van der Waals surface area contributed by atoms with Gasteiger partial charge in [-0.25, -0.2) is 0 Å². The van der Waals surface area contributed by atoms with Crippen LogP contribution in [0.5, 0.6) is 0 Å². The zero-order valence-corrected chi connectivity index (χ0v) is 89.7. The van der Waals surface area contributed by atoms with E-state index in [1.54, 1.807) is 33.4 Å². The van der Waals surface area contributed by atoms with Crippen molar-refractivity contribution >= 4 is 65.8 Å². The summed E-state index contributed by atoms with van der Waals surface area (Å²) in [7, 11) is 0. The SMILES string of the molecule is CCCCCCCCC1(CCCCCCCC)c2ccccc2-c2cc(-c3ccnc(-c4[c-]ccc5c4oc4ccccc45)c3)ccc21.CCCCCCCCC1(CCCCCCCC)c2ccccc2-c2cc(-c3ccnc(-c4[c-]ccc5c4oc4ccccc45)c3)ccc21.CCCCCCCCC1(CCCCCCCC)c2ccccc2-c2cc(-c3ccnc(-c4[c-]ccc5c4oc4ccccc45)c3)ccc21.[Ir+3]. The Hall–Kier alpha value is -11.9. The number of hydrogen-bond donors (Lipinski definition) is 0. The predicted molar refractivity (Wildman–Crippen MR) is 610 cm³/mol. The molecule has 145 heavy (non-hydrogen) atoms. The van der Waals surface area contributed by atoms with Crippen LogP contribution in [-0.4, -0.2) is 15.0 Å². The number of rotatable bonds is 48. The van der Waals surface area contributed by atoms with Crippen LogP contribution < -0.4 is 0 Å². The summed E-state index contributed by atoms with van der Waals surface area (Å²) in [5.74, 6) is 0. The van der Waals surface area contributed by atoms with Gasteiger partial charge in [0.2, 0.25) is 0 Å². The molecule has 18 aromatic rings. The molecule has 0 aliphatic heterocycles. The molecule has 0 unspecified atom stereocenters. The van der Waals surface area contributed by atoms with Crippen LogP contribution in [-0.2, 0) is 36.4 Å². The molecule has 0 radical (unpaired) electrons. The number of benzene rings is 12. The van der Waals surface area contributed by atoms with E-state index >= 15 is 0 Å². The number of furan rings is 3. The fourth-order valence-corrected chi connectivity index (χ4v) is 25.0. The number of para-hydroxylation sites is 3. The van der Waals surface area contributed by atoms with Crippen molar-refractivity contribution in [2.45, 2.75) is 327 Å². The van der Waals surface area contributed by atoms with Crippen LogP contribution in [0.2, 0.25) is 0 Å². The van der Waals surface area contributed by atoms with Gasteiger partial charge in [0.1, 0.15) is 16.7 Å². The molecule has 3 aliphatic carbocycles. The second kappa shape index (κ2) is 50.0. The van der Waals surface area contributed by atoms with Crippen LogP contribution in [0.4, 0.5) is 0 Å². The third-order valence-corrected chi connectivity index (χ3v) is 32.6. The van der Waals surface area contributed by atoms with Gasteiger partial charge in [-0.2, -0.15) is 0 Å². The molecular formula is C138H150IrN3O3. The Kier molecular flexibility index (Phi) is 35.6. The quantitative estimate of drug-likeness (QED) is 0.0279. The topological polar surface area (TPSA) is 78.1 Å². The van der Waals surface area contributed by atoms with Crippen molar-refractivity contribution < 1.29 is 33.4 Å². The molecule has 0 spiro atoms. The van der Waals surface area contributed by atoms with Crippen molar-refractivity contribution in [1.82, 2.24) is 15.0 Å². The summed E-state index contributed by atoms with van der Waals surface area (Å²) < 4.78 is 19.1. The summed E-state index contributed by atoms with van der Waals surface area (Å²) >= 11 is 0. The number of aromatic nitrogens is 3. The van der Waals surface area contributed by atoms with Gasteiger partial charge in [0, 0.05) is 51.0 Å². The van der Waals surface area contributed by atoms with Gasteiger partial charge in [0.25, 0.3) is 0 Å². The summed E-state index contributed by atoms with van der Waals surface area (Å²) in [6.07, 6.45) is 61.4. The van der Waals surface area contributed by atoms with Crippen LogP contribution in [0.25, 0.3) is 166 Å². The third-order valence-electron chi connectivity index (χ3n) is 32.6. The maximum atomic E-state index is 6.35. The molecule has 6 nitrogen and oxygen atoms in total. The molecule has 12 aromatic carbocycles. The van der Waals surface area contributed by atoms with E-state index < -0.39 is 0 Å². The Morgan fingerprint density at radius 3 is 0.690 bits per heavy atom. The second-order valence-electron chi connectivity index (χ2n) is 42.1. The van der Waals surface area contributed by atoms with E-state index in [-0.39, 0.29) is 36.4 Å². The Balaban J connectivity index is 0.000000142. The molecule has 0 saturated heterocycles. The number of nitrogens with zero attached hydrogens (tertiary/aromatic N) is 3. The molecule has 0 amide bonds. The van der Waals surface area contributed by atoms with Gasteiger partial charge in [-0.05, 0) is 210 Å². The second-order valence-corrected chi connectivity index (χ2v) is 42.1. The fourth-order valence-electron chi connectivity index (χ4n) is 25.0. The van der Waals surface area contributed by atoms with Gasteiger partial charge in [-0.1, -0.05) is 488 Å². The Morgan fingerprint density at radius 1 is 0.207 bits per heavy atom. The van der Waals surface area contributed by atoms with Crippen LogP contribution in [0.3, 0.4) is 0 Å². The molecule has 0 saturated carbocycles. The predicted octanol–water partition coefficient (Wildman–Crippen LogP) is 41.6. The zero-order chi connectivity index (χ0) is 98.3. The van der Waals surface area contributed by atoms with Crippen LogP contribution >= 0.6 is 0 Å². The van der Waals surface area contributed by atoms with Gasteiger partial charge in [-0.15, -0.1) is 54.6 Å². The average Bonchev–Trinajstić information content (AvgIpc) is 1.57. The largest absolute Gasteiger partial charge is 3.00 e. The first-order chi connectivity index (χ1) is 71.2. The summed E-state index contributed by atoms with van der Waals surface area (Å²) in [6.45, 7) is 13.8. The fraction of sp³-hybridized carbons (Fsp3) is 0.370. The Labute approximate surface area is 878 Å². The number of unbranched alkanes of at least 4 members (excludes halogenated alkanes) is 30. The molecule has 0 atom stereocenters. The maximum absolute atomic E-state index is 6.35. The molecule has 0 N–H and O–H groups in total. The minimum atomic E-state index is 0. The zero-order valence-electron chi connectivity index (χ0n) is 87.3. The molecular weight excluding hydrogens is 1940 g/mol. The van der Waals surface area contributed by atoms with Crippen molar-refractivity contribution in [3.63, 3.8) is 0 Å². The van der Waals surface area contributed by atoms with Crippen LogP contribution in [0, 0.1) is 18.2 Å². The van der Waals surface area contributed by atoms with Gasteiger partial charge >= 0.3 is 20.1 Å². The van der Waals surface area contributed by atoms with E-state index in [2.05, 4.69) is 278 Å². The van der Waals surface area contributed by atoms with E-state index in [4.69, 9.17) is 28.2 Å². The van der Waals surface area contributed by atoms with E-state index in [1.807, 2.05) is 73.2 Å². The third kappa shape index (κ3) is 22.5. The van der Waals surface area contributed by atoms with E-state index in [0.717, 1.165) is 99.6 Å². The first-order valence-electron chi connectivity index (χ1n) is 56.3. The van der Waals surface area contributed by atoms with Crippen molar-refractivity contribution in [3.05, 3.63) is 343 Å². The molecule has 744 valence electrons. The van der Waals surface area contributed by atoms with Crippen LogP contribution in [0.15, 0.2) is 305 Å². The summed E-state index contributed by atoms with van der Waals surface area (Å²) in [6, 6.07) is 110. The van der Waals surface area contributed by atoms with Gasteiger partial charge in [-0.3, -0.25) is 0 Å². The molecule has 6 heterocycles. The molecule has 7 heteroatoms. The first-order valence-corrected chi connectivity index (χ1v) is 56.3. The minimum absolute atomic E-state index is 0. The van der Waals surface area contributed by atoms with Crippen molar-refractivity contribution in [2.75, 3.05) is 0 Å². The van der Waals surface area contributed by atoms with Crippen LogP contribution in [0.1, 0.15) is 345 Å². The first kappa shape index (κ1) is 103. The number of hydrogen-bond acceptors (Lipinski definition) is 6. The normalized spacial score (nSPS) is 13.2. The average molecular weight is 2090 g/mol. The molecule has 0 fully saturated rings. The smallest absolute Gasteiger partial charge is 0.501 e. The summed E-state index contributed by atoms with van der Waals surface area (Å²) in [5, 5.41) is 6.69. The van der Waals surface area contributed by atoms with Crippen molar-refractivity contribution in [3.8, 4) is 101 Å². The van der Waals surface area contributed by atoms with E-state index in [9.17, 15) is 0 Å². The van der Waals surface area contributed by atoms with Gasteiger partial charge < -0.3 is 28.2 Å². The molecule has 21 rings (SSSR count). The van der Waals surface area contributed by atoms with E-state index in [1.165, 1.54) is 336 Å². The summed E-state index contributed by atoms with van der Waals surface area (Å²) in [5.41, 5.74) is 36.0. The van der Waals surface area contributed by atoms with E-state index in [0.29, 0.717) is 0 Å². The summed E-state index contributed by atoms with van der Waals surface area (Å²) in [4.78, 5) is 14.4. The van der Waals surface area contributed by atoms with Gasteiger partial charge in [0.05, 0.1) is 16.7 Å². The standard InChI is InChI=1S/3C46H50NO.Ir/c3*1-3-5-7-9-11-17-29-46(30-18-12-10-8-6-4-2)41-24-15-13-20-36(41)40-32-34(26-27-42(40)46)35-28-31-47-43(33-35)39-23-19-22-38-37-21-14-16-25-44(37)48-45(38)39;/h3*13-16,19-22,24-28,31-33H,3-12,17-18,29-30H2,1-2H3;/q3*-1;+3. The number of pyridine rings is 3.